The van der Waals surface area contributed by atoms with Crippen LogP contribution in [0.15, 0.2) is 33.6 Å². The van der Waals surface area contributed by atoms with E-state index in [1.807, 2.05) is 0 Å². The molecule has 0 spiro atoms. The number of ether oxygens (including phenoxy) is 1. The number of hydrogen-bond acceptors (Lipinski definition) is 5. The third-order valence-electron chi connectivity index (χ3n) is 1.83. The van der Waals surface area contributed by atoms with E-state index in [-0.39, 0.29) is 5.97 Å². The number of aromatic nitrogens is 2. The second-order valence-electron chi connectivity index (χ2n) is 3.06. The van der Waals surface area contributed by atoms with Gasteiger partial charge in [-0.05, 0) is 24.3 Å². The Morgan fingerprint density at radius 2 is 2.06 bits per heavy atom. The average molecular weight is 220 g/mol. The zero-order chi connectivity index (χ0) is 11.5. The number of carbonyl (C=O) groups is 1. The van der Waals surface area contributed by atoms with Gasteiger partial charge in [0.15, 0.2) is 5.82 Å². The van der Waals surface area contributed by atoms with Gasteiger partial charge >= 0.3 is 11.7 Å². The monoisotopic (exact) mass is 220 g/mol. The van der Waals surface area contributed by atoms with Gasteiger partial charge in [0, 0.05) is 12.5 Å². The van der Waals surface area contributed by atoms with Crippen molar-refractivity contribution < 1.29 is 14.1 Å². The van der Waals surface area contributed by atoms with Crippen LogP contribution in [0.3, 0.4) is 0 Å². The molecule has 0 aliphatic heterocycles. The van der Waals surface area contributed by atoms with E-state index in [0.29, 0.717) is 17.1 Å². The fraction of sp³-hybridized carbons (Fsp3) is 0.100. The first kappa shape index (κ1) is 10.2. The Hall–Kier alpha value is -2.37. The Morgan fingerprint density at radius 3 is 2.56 bits per heavy atom. The van der Waals surface area contributed by atoms with Crippen LogP contribution in [-0.2, 0) is 4.79 Å². The highest BCUT2D eigenvalue weighted by molar-refractivity contribution is 5.69. The molecule has 2 aromatic rings. The minimum atomic E-state index is -0.612. The van der Waals surface area contributed by atoms with Crippen molar-refractivity contribution in [2.75, 3.05) is 0 Å². The van der Waals surface area contributed by atoms with Crippen LogP contribution in [0.1, 0.15) is 6.92 Å². The Labute approximate surface area is 89.8 Å². The molecule has 0 radical (unpaired) electrons. The van der Waals surface area contributed by atoms with Crippen LogP contribution in [0, 0.1) is 0 Å². The van der Waals surface area contributed by atoms with Gasteiger partial charge in [-0.25, -0.2) is 4.79 Å². The second-order valence-corrected chi connectivity index (χ2v) is 3.06. The lowest BCUT2D eigenvalue weighted by Crippen LogP contribution is -2.01. The summed E-state index contributed by atoms with van der Waals surface area (Å²) in [6, 6.07) is 6.52. The van der Waals surface area contributed by atoms with Gasteiger partial charge in [-0.2, -0.15) is 0 Å². The average Bonchev–Trinajstić information content (AvgIpc) is 2.65. The van der Waals surface area contributed by atoms with Gasteiger partial charge in [0.25, 0.3) is 0 Å². The van der Waals surface area contributed by atoms with E-state index in [1.54, 1.807) is 24.3 Å². The second kappa shape index (κ2) is 4.01. The molecular formula is C10H8N2O4. The first-order chi connectivity index (χ1) is 7.65. The van der Waals surface area contributed by atoms with Crippen LogP contribution in [0.5, 0.6) is 5.75 Å². The fourth-order valence-corrected chi connectivity index (χ4v) is 1.20. The molecule has 1 aromatic carbocycles. The SMILES string of the molecule is CC(=O)Oc1ccc(-c2noc(=O)[nH]2)cc1. The highest BCUT2D eigenvalue weighted by Gasteiger charge is 2.04. The number of rotatable bonds is 2. The van der Waals surface area contributed by atoms with Crippen molar-refractivity contribution in [1.29, 1.82) is 0 Å². The van der Waals surface area contributed by atoms with Crippen LogP contribution in [0.2, 0.25) is 0 Å². The first-order valence-electron chi connectivity index (χ1n) is 4.50. The third kappa shape index (κ3) is 2.17. The van der Waals surface area contributed by atoms with Crippen molar-refractivity contribution in [2.45, 2.75) is 6.92 Å². The van der Waals surface area contributed by atoms with Gasteiger partial charge in [-0.15, -0.1) is 0 Å². The molecule has 0 saturated heterocycles. The molecule has 2 rings (SSSR count). The van der Waals surface area contributed by atoms with Crippen molar-refractivity contribution >= 4 is 5.97 Å². The van der Waals surface area contributed by atoms with E-state index in [9.17, 15) is 9.59 Å². The number of esters is 1. The van der Waals surface area contributed by atoms with Crippen LogP contribution in [0.25, 0.3) is 11.4 Å². The van der Waals surface area contributed by atoms with E-state index in [1.165, 1.54) is 6.92 Å². The molecule has 1 N–H and O–H groups in total. The van der Waals surface area contributed by atoms with Crippen LogP contribution >= 0.6 is 0 Å². The standard InChI is InChI=1S/C10H8N2O4/c1-6(13)15-8-4-2-7(3-5-8)9-11-10(14)16-12-9/h2-5H,1H3,(H,11,12,14). The number of aromatic amines is 1. The van der Waals surface area contributed by atoms with Crippen LogP contribution in [-0.4, -0.2) is 16.1 Å². The number of nitrogens with zero attached hydrogens (tertiary/aromatic N) is 1. The summed E-state index contributed by atoms with van der Waals surface area (Å²) >= 11 is 0. The summed E-state index contributed by atoms with van der Waals surface area (Å²) in [5, 5.41) is 3.53. The summed E-state index contributed by atoms with van der Waals surface area (Å²) in [7, 11) is 0. The Morgan fingerprint density at radius 1 is 1.38 bits per heavy atom. The van der Waals surface area contributed by atoms with Crippen LogP contribution < -0.4 is 10.5 Å². The number of benzene rings is 1. The van der Waals surface area contributed by atoms with Crippen molar-refractivity contribution in [3.8, 4) is 17.1 Å². The molecule has 0 unspecified atom stereocenters. The maximum absolute atomic E-state index is 10.7. The number of carbonyl (C=O) groups excluding carboxylic acids is 1. The molecule has 1 aromatic heterocycles. The molecular weight excluding hydrogens is 212 g/mol. The van der Waals surface area contributed by atoms with E-state index >= 15 is 0 Å². The predicted molar refractivity (Wildman–Crippen MR) is 53.9 cm³/mol. The van der Waals surface area contributed by atoms with Crippen molar-refractivity contribution in [2.24, 2.45) is 0 Å². The molecule has 0 aliphatic carbocycles. The minimum absolute atomic E-state index is 0.333. The highest BCUT2D eigenvalue weighted by atomic mass is 16.5. The molecule has 0 saturated carbocycles. The third-order valence-corrected chi connectivity index (χ3v) is 1.83. The maximum Gasteiger partial charge on any atom is 0.439 e. The Bertz CT molecular complexity index is 553. The van der Waals surface area contributed by atoms with E-state index in [2.05, 4.69) is 14.7 Å². The largest absolute Gasteiger partial charge is 0.439 e. The molecule has 0 fully saturated rings. The minimum Gasteiger partial charge on any atom is -0.427 e. The van der Waals surface area contributed by atoms with Gasteiger partial charge in [-0.1, -0.05) is 5.16 Å². The predicted octanol–water partition coefficient (Wildman–Crippen LogP) is 0.955. The summed E-state index contributed by atoms with van der Waals surface area (Å²) in [5.74, 6) is -0.233. The lowest BCUT2D eigenvalue weighted by atomic mass is 10.2. The molecule has 0 amide bonds. The molecule has 82 valence electrons. The fourth-order valence-electron chi connectivity index (χ4n) is 1.20. The number of nitrogens with one attached hydrogen (secondary N) is 1. The number of H-pyrrole nitrogens is 1. The van der Waals surface area contributed by atoms with Gasteiger partial charge in [0.2, 0.25) is 0 Å². The van der Waals surface area contributed by atoms with E-state index in [0.717, 1.165) is 0 Å². The topological polar surface area (TPSA) is 85.2 Å². The van der Waals surface area contributed by atoms with Crippen LogP contribution in [0.4, 0.5) is 0 Å². The Balaban J connectivity index is 2.25. The summed E-state index contributed by atoms with van der Waals surface area (Å²) in [4.78, 5) is 23.8. The molecule has 6 nitrogen and oxygen atoms in total. The first-order valence-corrected chi connectivity index (χ1v) is 4.50. The lowest BCUT2D eigenvalue weighted by Gasteiger charge is -2.00. The smallest absolute Gasteiger partial charge is 0.427 e. The molecule has 0 aliphatic rings. The summed E-state index contributed by atoms with van der Waals surface area (Å²) in [6.07, 6.45) is 0. The van der Waals surface area contributed by atoms with Gasteiger partial charge in [0.05, 0.1) is 0 Å². The Kier molecular flexibility index (Phi) is 2.55. The highest BCUT2D eigenvalue weighted by Crippen LogP contribution is 2.18. The number of hydrogen-bond donors (Lipinski definition) is 1. The van der Waals surface area contributed by atoms with Crippen molar-refractivity contribution in [3.63, 3.8) is 0 Å². The van der Waals surface area contributed by atoms with E-state index in [4.69, 9.17) is 4.74 Å². The van der Waals surface area contributed by atoms with E-state index < -0.39 is 5.76 Å². The molecule has 6 heteroatoms. The van der Waals surface area contributed by atoms with Crippen molar-refractivity contribution in [3.05, 3.63) is 34.8 Å². The van der Waals surface area contributed by atoms with Gasteiger partial charge in [0.1, 0.15) is 5.75 Å². The molecule has 0 bridgehead atoms. The quantitative estimate of drug-likeness (QED) is 0.601. The van der Waals surface area contributed by atoms with Crippen molar-refractivity contribution in [1.82, 2.24) is 10.1 Å². The zero-order valence-corrected chi connectivity index (χ0v) is 8.39. The molecule has 0 atom stereocenters. The molecule has 16 heavy (non-hydrogen) atoms. The van der Waals surface area contributed by atoms with Gasteiger partial charge in [-0.3, -0.25) is 14.3 Å². The summed E-state index contributed by atoms with van der Waals surface area (Å²) in [6.45, 7) is 1.32. The summed E-state index contributed by atoms with van der Waals surface area (Å²) in [5.41, 5.74) is 0.668. The lowest BCUT2D eigenvalue weighted by molar-refractivity contribution is -0.131. The summed E-state index contributed by atoms with van der Waals surface area (Å²) < 4.78 is 9.22. The maximum atomic E-state index is 10.7. The van der Waals surface area contributed by atoms with Gasteiger partial charge < -0.3 is 4.74 Å². The molecule has 1 heterocycles. The zero-order valence-electron chi connectivity index (χ0n) is 8.39. The normalized spacial score (nSPS) is 10.1.